The van der Waals surface area contributed by atoms with E-state index < -0.39 is 24.4 Å². The third-order valence-corrected chi connectivity index (χ3v) is 5.67. The van der Waals surface area contributed by atoms with Crippen LogP contribution >= 0.6 is 11.3 Å². The Morgan fingerprint density at radius 1 is 1.14 bits per heavy atom. The van der Waals surface area contributed by atoms with Gasteiger partial charge in [0.25, 0.3) is 11.8 Å². The summed E-state index contributed by atoms with van der Waals surface area (Å²) in [5, 5.41) is 3.05. The molecule has 0 spiro atoms. The summed E-state index contributed by atoms with van der Waals surface area (Å²) in [6, 6.07) is 4.77. The second-order valence-electron chi connectivity index (χ2n) is 6.31. The largest absolute Gasteiger partial charge is 0.452 e. The predicted molar refractivity (Wildman–Crippen MR) is 103 cm³/mol. The first kappa shape index (κ1) is 18.1. The zero-order valence-corrected chi connectivity index (χ0v) is 15.5. The first-order chi connectivity index (χ1) is 13.5. The maximum absolute atomic E-state index is 12.2. The number of esters is 1. The average molecular weight is 396 g/mol. The van der Waals surface area contributed by atoms with Crippen LogP contribution in [0.25, 0.3) is 11.0 Å². The monoisotopic (exact) mass is 396 g/mol. The summed E-state index contributed by atoms with van der Waals surface area (Å²) in [6.45, 7) is -0.474. The standard InChI is InChI=1S/C19H16N4O4S/c20-17(25)16-11-2-1-3-14(11)28-18(16)23-15(24)9-27-19(26)10-4-5-12-13(8-10)22-7-6-21-12/h4-8H,1-3,9H2,(H2,20,25)(H,23,24). The molecule has 0 bridgehead atoms. The third-order valence-electron chi connectivity index (χ3n) is 4.46. The molecule has 9 heteroatoms. The number of hydrogen-bond donors (Lipinski definition) is 2. The SMILES string of the molecule is NC(=O)c1c(NC(=O)COC(=O)c2ccc3nccnc3c2)sc2c1CCC2. The van der Waals surface area contributed by atoms with E-state index in [2.05, 4.69) is 15.3 Å². The summed E-state index contributed by atoms with van der Waals surface area (Å²) < 4.78 is 5.08. The maximum atomic E-state index is 12.2. The van der Waals surface area contributed by atoms with Gasteiger partial charge in [-0.2, -0.15) is 0 Å². The van der Waals surface area contributed by atoms with Gasteiger partial charge < -0.3 is 15.8 Å². The van der Waals surface area contributed by atoms with E-state index in [1.165, 1.54) is 17.5 Å². The van der Waals surface area contributed by atoms with Crippen LogP contribution in [0.4, 0.5) is 5.00 Å². The number of nitrogens with one attached hydrogen (secondary N) is 1. The van der Waals surface area contributed by atoms with E-state index >= 15 is 0 Å². The quantitative estimate of drug-likeness (QED) is 0.636. The Morgan fingerprint density at radius 2 is 1.93 bits per heavy atom. The minimum Gasteiger partial charge on any atom is -0.452 e. The van der Waals surface area contributed by atoms with Crippen molar-refractivity contribution < 1.29 is 19.1 Å². The van der Waals surface area contributed by atoms with Crippen LogP contribution in [0.3, 0.4) is 0 Å². The van der Waals surface area contributed by atoms with Crippen molar-refractivity contribution >= 4 is 45.2 Å². The maximum Gasteiger partial charge on any atom is 0.338 e. The molecule has 0 aliphatic heterocycles. The molecule has 28 heavy (non-hydrogen) atoms. The highest BCUT2D eigenvalue weighted by molar-refractivity contribution is 7.17. The van der Waals surface area contributed by atoms with Crippen molar-refractivity contribution in [2.75, 3.05) is 11.9 Å². The molecule has 142 valence electrons. The first-order valence-electron chi connectivity index (χ1n) is 8.65. The van der Waals surface area contributed by atoms with E-state index in [4.69, 9.17) is 10.5 Å². The smallest absolute Gasteiger partial charge is 0.338 e. The number of ether oxygens (including phenoxy) is 1. The van der Waals surface area contributed by atoms with Gasteiger partial charge in [-0.3, -0.25) is 19.6 Å². The number of aryl methyl sites for hydroxylation is 1. The number of carbonyl (C=O) groups is 3. The summed E-state index contributed by atoms with van der Waals surface area (Å²) >= 11 is 1.35. The second kappa shape index (κ2) is 7.35. The number of amides is 2. The molecule has 4 rings (SSSR count). The van der Waals surface area contributed by atoms with Crippen LogP contribution < -0.4 is 11.1 Å². The summed E-state index contributed by atoms with van der Waals surface area (Å²) in [5.41, 5.74) is 8.24. The molecule has 0 fully saturated rings. The van der Waals surface area contributed by atoms with Crippen LogP contribution in [0.5, 0.6) is 0 Å². The van der Waals surface area contributed by atoms with Crippen molar-refractivity contribution in [2.45, 2.75) is 19.3 Å². The number of rotatable bonds is 5. The second-order valence-corrected chi connectivity index (χ2v) is 7.42. The lowest BCUT2D eigenvalue weighted by Crippen LogP contribution is -2.22. The van der Waals surface area contributed by atoms with Crippen LogP contribution in [0.1, 0.15) is 37.6 Å². The Hall–Kier alpha value is -3.33. The Morgan fingerprint density at radius 3 is 2.71 bits per heavy atom. The van der Waals surface area contributed by atoms with Gasteiger partial charge in [0, 0.05) is 17.3 Å². The van der Waals surface area contributed by atoms with E-state index in [0.29, 0.717) is 21.6 Å². The number of nitrogens with two attached hydrogens (primary N) is 1. The lowest BCUT2D eigenvalue weighted by atomic mass is 10.1. The summed E-state index contributed by atoms with van der Waals surface area (Å²) in [6.07, 6.45) is 5.71. The minimum atomic E-state index is -0.647. The van der Waals surface area contributed by atoms with Gasteiger partial charge in [0.1, 0.15) is 5.00 Å². The molecule has 0 saturated carbocycles. The van der Waals surface area contributed by atoms with Crippen molar-refractivity contribution in [1.29, 1.82) is 0 Å². The molecule has 2 aromatic heterocycles. The fourth-order valence-electron chi connectivity index (χ4n) is 3.22. The minimum absolute atomic E-state index is 0.272. The van der Waals surface area contributed by atoms with Crippen molar-refractivity contribution in [3.8, 4) is 0 Å². The normalized spacial score (nSPS) is 12.6. The van der Waals surface area contributed by atoms with Gasteiger partial charge in [-0.1, -0.05) is 0 Å². The molecule has 0 radical (unpaired) electrons. The zero-order valence-electron chi connectivity index (χ0n) is 14.7. The number of benzene rings is 1. The molecule has 0 unspecified atom stereocenters. The summed E-state index contributed by atoms with van der Waals surface area (Å²) in [7, 11) is 0. The highest BCUT2D eigenvalue weighted by Gasteiger charge is 2.26. The Bertz CT molecular complexity index is 1110. The van der Waals surface area contributed by atoms with Crippen LogP contribution in [0.2, 0.25) is 0 Å². The highest BCUT2D eigenvalue weighted by atomic mass is 32.1. The Labute approximate surface area is 163 Å². The van der Waals surface area contributed by atoms with Gasteiger partial charge in [0.2, 0.25) is 0 Å². The van der Waals surface area contributed by atoms with Crippen LogP contribution in [0, 0.1) is 0 Å². The number of anilines is 1. The predicted octanol–water partition coefficient (Wildman–Crippen LogP) is 2.07. The number of nitrogens with zero attached hydrogens (tertiary/aromatic N) is 2. The van der Waals surface area contributed by atoms with Gasteiger partial charge >= 0.3 is 5.97 Å². The van der Waals surface area contributed by atoms with Crippen LogP contribution in [0.15, 0.2) is 30.6 Å². The topological polar surface area (TPSA) is 124 Å². The molecule has 1 aromatic carbocycles. The van der Waals surface area contributed by atoms with Crippen molar-refractivity contribution in [3.05, 3.63) is 52.2 Å². The third kappa shape index (κ3) is 3.44. The molecule has 3 N–H and O–H groups in total. The molecule has 1 aliphatic rings. The number of fused-ring (bicyclic) bond motifs is 2. The summed E-state index contributed by atoms with van der Waals surface area (Å²) in [5.74, 6) is -1.74. The van der Waals surface area contributed by atoms with Gasteiger partial charge in [0.15, 0.2) is 6.61 Å². The number of hydrogen-bond acceptors (Lipinski definition) is 7. The molecule has 8 nitrogen and oxygen atoms in total. The van der Waals surface area contributed by atoms with E-state index in [1.54, 1.807) is 24.4 Å². The molecular formula is C19H16N4O4S. The molecule has 0 saturated heterocycles. The van der Waals surface area contributed by atoms with Gasteiger partial charge in [0.05, 0.1) is 22.2 Å². The van der Waals surface area contributed by atoms with E-state index in [-0.39, 0.29) is 5.56 Å². The van der Waals surface area contributed by atoms with Gasteiger partial charge in [-0.05, 0) is 43.0 Å². The van der Waals surface area contributed by atoms with Gasteiger partial charge in [-0.25, -0.2) is 4.79 Å². The van der Waals surface area contributed by atoms with Crippen molar-refractivity contribution in [3.63, 3.8) is 0 Å². The zero-order chi connectivity index (χ0) is 19.7. The van der Waals surface area contributed by atoms with Crippen molar-refractivity contribution in [2.24, 2.45) is 5.73 Å². The number of primary amides is 1. The molecule has 3 aromatic rings. The Balaban J connectivity index is 1.42. The molecule has 2 heterocycles. The molecule has 2 amide bonds. The number of carbonyl (C=O) groups excluding carboxylic acids is 3. The fraction of sp³-hybridized carbons (Fsp3) is 0.211. The van der Waals surface area contributed by atoms with Crippen LogP contribution in [-0.4, -0.2) is 34.4 Å². The van der Waals surface area contributed by atoms with E-state index in [0.717, 1.165) is 29.7 Å². The number of thiophene rings is 1. The van der Waals surface area contributed by atoms with Crippen molar-refractivity contribution in [1.82, 2.24) is 9.97 Å². The van der Waals surface area contributed by atoms with E-state index in [9.17, 15) is 14.4 Å². The Kier molecular flexibility index (Phi) is 4.74. The highest BCUT2D eigenvalue weighted by Crippen LogP contribution is 2.38. The van der Waals surface area contributed by atoms with E-state index in [1.807, 2.05) is 0 Å². The summed E-state index contributed by atoms with van der Waals surface area (Å²) in [4.78, 5) is 45.5. The van der Waals surface area contributed by atoms with Crippen LogP contribution in [-0.2, 0) is 22.4 Å². The molecule has 0 atom stereocenters. The molecular weight excluding hydrogens is 380 g/mol. The molecule has 1 aliphatic carbocycles. The lowest BCUT2D eigenvalue weighted by molar-refractivity contribution is -0.119. The van der Waals surface area contributed by atoms with Gasteiger partial charge in [-0.15, -0.1) is 11.3 Å². The number of aromatic nitrogens is 2. The fourth-order valence-corrected chi connectivity index (χ4v) is 4.53. The lowest BCUT2D eigenvalue weighted by Gasteiger charge is -2.07. The average Bonchev–Trinajstić information content (AvgIpc) is 3.26. The first-order valence-corrected chi connectivity index (χ1v) is 9.46.